The molecule has 0 aliphatic carbocycles. The first kappa shape index (κ1) is 15.8. The van der Waals surface area contributed by atoms with Crippen LogP contribution in [0.15, 0.2) is 5.16 Å². The van der Waals surface area contributed by atoms with Crippen LogP contribution < -0.4 is 5.73 Å². The molecule has 0 atom stereocenters. The molecule has 1 rings (SSSR count). The highest BCUT2D eigenvalue weighted by atomic mass is 16.6. The van der Waals surface area contributed by atoms with E-state index in [9.17, 15) is 4.79 Å². The summed E-state index contributed by atoms with van der Waals surface area (Å²) >= 11 is 0. The Kier molecular flexibility index (Phi) is 6.67. The van der Waals surface area contributed by atoms with E-state index in [1.54, 1.807) is 0 Å². The average Bonchev–Trinajstić information content (AvgIpc) is 2.37. The summed E-state index contributed by atoms with van der Waals surface area (Å²) < 4.78 is 0. The minimum absolute atomic E-state index is 0.00321. The highest BCUT2D eigenvalue weighted by Gasteiger charge is 2.20. The first-order valence-corrected chi connectivity index (χ1v) is 7.21. The third-order valence-corrected chi connectivity index (χ3v) is 3.48. The molecule has 110 valence electrons. The molecule has 19 heavy (non-hydrogen) atoms. The monoisotopic (exact) mass is 269 g/mol. The standard InChI is InChI=1S/C14H27N3O2/c1-11(2)4-5-13(15)16-19-10-14(18)17-8-6-12(3)7-9-17/h11-12H,4-10H2,1-3H3,(H2,15,16). The van der Waals surface area contributed by atoms with Gasteiger partial charge in [0.25, 0.3) is 5.91 Å². The lowest BCUT2D eigenvalue weighted by Gasteiger charge is -2.29. The molecule has 0 aromatic rings. The number of nitrogens with zero attached hydrogens (tertiary/aromatic N) is 2. The number of rotatable bonds is 6. The van der Waals surface area contributed by atoms with Crippen molar-refractivity contribution >= 4 is 11.7 Å². The highest BCUT2D eigenvalue weighted by Crippen LogP contribution is 2.15. The Morgan fingerprint density at radius 2 is 2.05 bits per heavy atom. The Morgan fingerprint density at radius 3 is 2.63 bits per heavy atom. The van der Waals surface area contributed by atoms with Crippen molar-refractivity contribution in [2.75, 3.05) is 19.7 Å². The maximum atomic E-state index is 11.8. The smallest absolute Gasteiger partial charge is 0.263 e. The predicted octanol–water partition coefficient (Wildman–Crippen LogP) is 1.97. The molecule has 5 nitrogen and oxygen atoms in total. The SMILES string of the molecule is CC(C)CC/C(N)=N/OCC(=O)N1CCC(C)CC1. The van der Waals surface area contributed by atoms with Crippen molar-refractivity contribution in [2.24, 2.45) is 22.7 Å². The molecule has 0 radical (unpaired) electrons. The molecule has 2 N–H and O–H groups in total. The molecule has 5 heteroatoms. The van der Waals surface area contributed by atoms with Crippen LogP contribution in [0, 0.1) is 11.8 Å². The van der Waals surface area contributed by atoms with Crippen LogP contribution in [0.4, 0.5) is 0 Å². The highest BCUT2D eigenvalue weighted by molar-refractivity contribution is 5.80. The molecule has 1 aliphatic heterocycles. The van der Waals surface area contributed by atoms with Gasteiger partial charge in [-0.05, 0) is 31.1 Å². The van der Waals surface area contributed by atoms with Gasteiger partial charge in [-0.1, -0.05) is 25.9 Å². The maximum Gasteiger partial charge on any atom is 0.263 e. The van der Waals surface area contributed by atoms with E-state index in [-0.39, 0.29) is 12.5 Å². The second kappa shape index (κ2) is 8.02. The Labute approximate surface area is 116 Å². The van der Waals surface area contributed by atoms with Crippen molar-refractivity contribution in [3.05, 3.63) is 0 Å². The molecular formula is C14H27N3O2. The normalized spacial score (nSPS) is 17.9. The van der Waals surface area contributed by atoms with Crippen LogP contribution >= 0.6 is 0 Å². The fourth-order valence-electron chi connectivity index (χ4n) is 2.00. The van der Waals surface area contributed by atoms with Gasteiger partial charge < -0.3 is 15.5 Å². The third kappa shape index (κ3) is 6.45. The van der Waals surface area contributed by atoms with Crippen molar-refractivity contribution in [1.29, 1.82) is 0 Å². The first-order chi connectivity index (χ1) is 8.99. The summed E-state index contributed by atoms with van der Waals surface area (Å²) in [5.41, 5.74) is 5.70. The summed E-state index contributed by atoms with van der Waals surface area (Å²) in [5.74, 6) is 1.78. The molecule has 0 aromatic carbocycles. The van der Waals surface area contributed by atoms with Crippen LogP contribution in [0.5, 0.6) is 0 Å². The number of amidine groups is 1. The number of carbonyl (C=O) groups excluding carboxylic acids is 1. The zero-order chi connectivity index (χ0) is 14.3. The molecule has 1 heterocycles. The number of hydrogen-bond donors (Lipinski definition) is 1. The first-order valence-electron chi connectivity index (χ1n) is 7.21. The summed E-state index contributed by atoms with van der Waals surface area (Å²) in [6.45, 7) is 8.14. The summed E-state index contributed by atoms with van der Waals surface area (Å²) in [7, 11) is 0. The number of piperidine rings is 1. The number of nitrogens with two attached hydrogens (primary N) is 1. The Bertz CT molecular complexity index is 308. The summed E-state index contributed by atoms with van der Waals surface area (Å²) in [6, 6.07) is 0. The zero-order valence-electron chi connectivity index (χ0n) is 12.4. The van der Waals surface area contributed by atoms with E-state index >= 15 is 0 Å². The van der Waals surface area contributed by atoms with Crippen molar-refractivity contribution < 1.29 is 9.63 Å². The summed E-state index contributed by atoms with van der Waals surface area (Å²) in [6.07, 6.45) is 3.85. The number of carbonyl (C=O) groups is 1. The zero-order valence-corrected chi connectivity index (χ0v) is 12.4. The lowest BCUT2D eigenvalue weighted by atomic mass is 9.99. The second-order valence-electron chi connectivity index (χ2n) is 5.85. The fraction of sp³-hybridized carbons (Fsp3) is 0.857. The Balaban J connectivity index is 2.21. The molecule has 1 saturated heterocycles. The van der Waals surface area contributed by atoms with Crippen LogP contribution in [0.25, 0.3) is 0 Å². The van der Waals surface area contributed by atoms with E-state index in [4.69, 9.17) is 10.6 Å². The van der Waals surface area contributed by atoms with Gasteiger partial charge in [-0.3, -0.25) is 4.79 Å². The maximum absolute atomic E-state index is 11.8. The van der Waals surface area contributed by atoms with Crippen molar-refractivity contribution in [3.63, 3.8) is 0 Å². The fourth-order valence-corrected chi connectivity index (χ4v) is 2.00. The van der Waals surface area contributed by atoms with Gasteiger partial charge in [0.05, 0.1) is 0 Å². The summed E-state index contributed by atoms with van der Waals surface area (Å²) in [4.78, 5) is 18.7. The van der Waals surface area contributed by atoms with E-state index in [1.807, 2.05) is 4.90 Å². The molecule has 1 fully saturated rings. The van der Waals surface area contributed by atoms with Gasteiger partial charge in [-0.15, -0.1) is 0 Å². The van der Waals surface area contributed by atoms with Crippen LogP contribution in [0.3, 0.4) is 0 Å². The van der Waals surface area contributed by atoms with Gasteiger partial charge in [0.15, 0.2) is 6.61 Å². The molecule has 0 unspecified atom stereocenters. The Hall–Kier alpha value is -1.26. The van der Waals surface area contributed by atoms with Gasteiger partial charge in [0, 0.05) is 19.5 Å². The van der Waals surface area contributed by atoms with E-state index in [0.717, 1.165) is 38.3 Å². The van der Waals surface area contributed by atoms with E-state index < -0.39 is 0 Å². The molecular weight excluding hydrogens is 242 g/mol. The van der Waals surface area contributed by atoms with Crippen LogP contribution in [-0.4, -0.2) is 36.3 Å². The topological polar surface area (TPSA) is 67.9 Å². The minimum Gasteiger partial charge on any atom is -0.384 e. The largest absolute Gasteiger partial charge is 0.384 e. The minimum atomic E-state index is -0.00321. The number of hydrogen-bond acceptors (Lipinski definition) is 3. The summed E-state index contributed by atoms with van der Waals surface area (Å²) in [5, 5.41) is 3.79. The van der Waals surface area contributed by atoms with Gasteiger partial charge in [0.1, 0.15) is 5.84 Å². The van der Waals surface area contributed by atoms with Crippen molar-refractivity contribution in [1.82, 2.24) is 4.90 Å². The van der Waals surface area contributed by atoms with Gasteiger partial charge in [0.2, 0.25) is 0 Å². The van der Waals surface area contributed by atoms with Gasteiger partial charge in [-0.25, -0.2) is 0 Å². The third-order valence-electron chi connectivity index (χ3n) is 3.48. The Morgan fingerprint density at radius 1 is 1.42 bits per heavy atom. The van der Waals surface area contributed by atoms with Gasteiger partial charge in [-0.2, -0.15) is 0 Å². The lowest BCUT2D eigenvalue weighted by Crippen LogP contribution is -2.39. The predicted molar refractivity (Wildman–Crippen MR) is 76.6 cm³/mol. The van der Waals surface area contributed by atoms with E-state index in [1.165, 1.54) is 0 Å². The molecule has 0 bridgehead atoms. The molecule has 0 saturated carbocycles. The number of amides is 1. The quantitative estimate of drug-likeness (QED) is 0.455. The second-order valence-corrected chi connectivity index (χ2v) is 5.85. The van der Waals surface area contributed by atoms with Crippen LogP contribution in [-0.2, 0) is 9.63 Å². The molecule has 1 amide bonds. The number of likely N-dealkylation sites (tertiary alicyclic amines) is 1. The molecule has 0 aromatic heterocycles. The van der Waals surface area contributed by atoms with E-state index in [2.05, 4.69) is 25.9 Å². The number of oxime groups is 1. The van der Waals surface area contributed by atoms with Crippen molar-refractivity contribution in [3.8, 4) is 0 Å². The molecule has 1 aliphatic rings. The van der Waals surface area contributed by atoms with Crippen LogP contribution in [0.1, 0.15) is 46.5 Å². The average molecular weight is 269 g/mol. The van der Waals surface area contributed by atoms with E-state index in [0.29, 0.717) is 18.2 Å². The molecule has 0 spiro atoms. The van der Waals surface area contributed by atoms with Crippen LogP contribution in [0.2, 0.25) is 0 Å². The van der Waals surface area contributed by atoms with Gasteiger partial charge >= 0.3 is 0 Å². The van der Waals surface area contributed by atoms with Crippen molar-refractivity contribution in [2.45, 2.75) is 46.5 Å². The lowest BCUT2D eigenvalue weighted by molar-refractivity contribution is -0.137.